The van der Waals surface area contributed by atoms with E-state index in [4.69, 9.17) is 0 Å². The number of hydrogen-bond donors (Lipinski definition) is 3. The molecule has 0 spiro atoms. The van der Waals surface area contributed by atoms with Gasteiger partial charge in [0.25, 0.3) is 0 Å². The Bertz CT molecular complexity index is 887. The molecule has 0 aliphatic carbocycles. The summed E-state index contributed by atoms with van der Waals surface area (Å²) in [5, 5.41) is 9.13. The molecule has 3 rings (SSSR count). The van der Waals surface area contributed by atoms with E-state index in [2.05, 4.69) is 70.6 Å². The third kappa shape index (κ3) is 4.25. The van der Waals surface area contributed by atoms with E-state index in [1.54, 1.807) is 11.3 Å². The lowest BCUT2D eigenvalue weighted by atomic mass is 10.1. The first kappa shape index (κ1) is 18.5. The number of thiazole rings is 1. The van der Waals surface area contributed by atoms with Crippen LogP contribution >= 0.6 is 11.3 Å². The molecule has 2 aromatic heterocycles. The largest absolute Gasteiger partial charge is 0.358 e. The fourth-order valence-electron chi connectivity index (χ4n) is 3.06. The Balaban J connectivity index is 1.63. The molecular weight excluding hydrogens is 342 g/mol. The molecule has 3 aromatic rings. The van der Waals surface area contributed by atoms with Gasteiger partial charge >= 0.3 is 0 Å². The second kappa shape index (κ2) is 8.36. The summed E-state index contributed by atoms with van der Waals surface area (Å²) in [5.41, 5.74) is 4.92. The van der Waals surface area contributed by atoms with Crippen LogP contribution in [0.5, 0.6) is 0 Å². The molecular formula is C20H27N5S. The van der Waals surface area contributed by atoms with E-state index < -0.39 is 0 Å². The maximum Gasteiger partial charge on any atom is 0.191 e. The molecule has 1 aromatic carbocycles. The van der Waals surface area contributed by atoms with Crippen molar-refractivity contribution in [3.63, 3.8) is 0 Å². The lowest BCUT2D eigenvalue weighted by Gasteiger charge is -2.11. The predicted octanol–water partition coefficient (Wildman–Crippen LogP) is 3.85. The number of aryl methyl sites for hydroxylation is 3. The predicted molar refractivity (Wildman–Crippen MR) is 111 cm³/mol. The Kier molecular flexibility index (Phi) is 5.93. The molecule has 26 heavy (non-hydrogen) atoms. The van der Waals surface area contributed by atoms with Crippen LogP contribution in [0.3, 0.4) is 0 Å². The normalized spacial score (nSPS) is 11.9. The highest BCUT2D eigenvalue weighted by molar-refractivity contribution is 7.11. The quantitative estimate of drug-likeness (QED) is 0.457. The maximum absolute atomic E-state index is 4.68. The van der Waals surface area contributed by atoms with Crippen molar-refractivity contribution < 1.29 is 0 Å². The Morgan fingerprint density at radius 2 is 2.00 bits per heavy atom. The average molecular weight is 370 g/mol. The van der Waals surface area contributed by atoms with Gasteiger partial charge in [0.2, 0.25) is 0 Å². The van der Waals surface area contributed by atoms with Gasteiger partial charge in [-0.25, -0.2) is 9.98 Å². The fourth-order valence-corrected chi connectivity index (χ4v) is 3.92. The number of aromatic amines is 1. The van der Waals surface area contributed by atoms with Crippen molar-refractivity contribution in [2.24, 2.45) is 4.99 Å². The fraction of sp³-hybridized carbons (Fsp3) is 0.400. The first-order valence-corrected chi connectivity index (χ1v) is 9.91. The van der Waals surface area contributed by atoms with E-state index in [0.29, 0.717) is 6.54 Å². The number of benzene rings is 1. The number of fused-ring (bicyclic) bond motifs is 1. The van der Waals surface area contributed by atoms with Gasteiger partial charge in [-0.3, -0.25) is 0 Å². The molecule has 0 bridgehead atoms. The van der Waals surface area contributed by atoms with Gasteiger partial charge in [0.1, 0.15) is 5.01 Å². The number of hydrogen-bond acceptors (Lipinski definition) is 3. The molecule has 3 N–H and O–H groups in total. The van der Waals surface area contributed by atoms with Crippen LogP contribution in [0.2, 0.25) is 0 Å². The zero-order chi connectivity index (χ0) is 18.5. The molecule has 0 fully saturated rings. The Morgan fingerprint density at radius 3 is 2.73 bits per heavy atom. The topological polar surface area (TPSA) is 65.1 Å². The molecule has 0 radical (unpaired) electrons. The molecule has 0 aliphatic rings. The van der Waals surface area contributed by atoms with Crippen LogP contribution in [0, 0.1) is 20.8 Å². The van der Waals surface area contributed by atoms with Crippen LogP contribution in [0.15, 0.2) is 29.3 Å². The summed E-state index contributed by atoms with van der Waals surface area (Å²) in [7, 11) is 0. The van der Waals surface area contributed by atoms with Crippen molar-refractivity contribution in [2.45, 2.75) is 40.7 Å². The van der Waals surface area contributed by atoms with Gasteiger partial charge in [-0.15, -0.1) is 11.3 Å². The zero-order valence-corrected chi connectivity index (χ0v) is 16.8. The van der Waals surface area contributed by atoms with Gasteiger partial charge in [-0.05, 0) is 45.7 Å². The molecule has 0 amide bonds. The molecule has 0 aliphatic heterocycles. The third-order valence-electron chi connectivity index (χ3n) is 4.48. The van der Waals surface area contributed by atoms with Crippen molar-refractivity contribution in [3.8, 4) is 0 Å². The van der Waals surface area contributed by atoms with Crippen LogP contribution < -0.4 is 10.6 Å². The van der Waals surface area contributed by atoms with Gasteiger partial charge in [0, 0.05) is 34.6 Å². The Labute approximate surface area is 159 Å². The summed E-state index contributed by atoms with van der Waals surface area (Å²) in [6.07, 6.45) is 0.954. The number of nitrogens with zero attached hydrogens (tertiary/aromatic N) is 2. The highest BCUT2D eigenvalue weighted by atomic mass is 32.1. The van der Waals surface area contributed by atoms with Crippen molar-refractivity contribution >= 4 is 28.2 Å². The molecule has 2 heterocycles. The number of para-hydroxylation sites is 1. The summed E-state index contributed by atoms with van der Waals surface area (Å²) < 4.78 is 0. The van der Waals surface area contributed by atoms with Crippen LogP contribution in [0.25, 0.3) is 10.9 Å². The zero-order valence-electron chi connectivity index (χ0n) is 15.9. The Hall–Kier alpha value is -2.34. The summed E-state index contributed by atoms with van der Waals surface area (Å²) in [4.78, 5) is 14.0. The van der Waals surface area contributed by atoms with E-state index in [9.17, 15) is 0 Å². The second-order valence-electron chi connectivity index (χ2n) is 6.40. The minimum Gasteiger partial charge on any atom is -0.358 e. The van der Waals surface area contributed by atoms with Crippen molar-refractivity contribution in [3.05, 3.63) is 51.1 Å². The maximum atomic E-state index is 4.68. The monoisotopic (exact) mass is 369 g/mol. The highest BCUT2D eigenvalue weighted by Crippen LogP contribution is 2.22. The number of rotatable bonds is 6. The van der Waals surface area contributed by atoms with Gasteiger partial charge in [-0.2, -0.15) is 0 Å². The average Bonchev–Trinajstić information content (AvgIpc) is 3.11. The molecule has 0 saturated heterocycles. The first-order chi connectivity index (χ1) is 12.6. The van der Waals surface area contributed by atoms with E-state index in [0.717, 1.165) is 36.2 Å². The number of H-pyrrole nitrogens is 1. The highest BCUT2D eigenvalue weighted by Gasteiger charge is 2.08. The summed E-state index contributed by atoms with van der Waals surface area (Å²) in [6, 6.07) is 8.47. The van der Waals surface area contributed by atoms with E-state index in [1.807, 2.05) is 6.92 Å². The standard InChI is InChI=1S/C20H27N5S/c1-5-21-20(23-12-19-25-13(2)15(4)26-19)22-11-10-16-14(3)24-18-9-7-6-8-17(16)18/h6-9,24H,5,10-12H2,1-4H3,(H2,21,22,23). The molecule has 0 saturated carbocycles. The minimum absolute atomic E-state index is 0.612. The lowest BCUT2D eigenvalue weighted by molar-refractivity contribution is 0.798. The van der Waals surface area contributed by atoms with Crippen LogP contribution in [-0.4, -0.2) is 29.0 Å². The van der Waals surface area contributed by atoms with E-state index in [-0.39, 0.29) is 0 Å². The first-order valence-electron chi connectivity index (χ1n) is 9.09. The van der Waals surface area contributed by atoms with Crippen molar-refractivity contribution in [2.75, 3.05) is 13.1 Å². The molecule has 138 valence electrons. The van der Waals surface area contributed by atoms with E-state index in [1.165, 1.54) is 27.0 Å². The lowest BCUT2D eigenvalue weighted by Crippen LogP contribution is -2.38. The third-order valence-corrected chi connectivity index (χ3v) is 5.54. The number of nitrogens with one attached hydrogen (secondary N) is 3. The number of guanidine groups is 1. The molecule has 5 nitrogen and oxygen atoms in total. The smallest absolute Gasteiger partial charge is 0.191 e. The van der Waals surface area contributed by atoms with Gasteiger partial charge in [0.15, 0.2) is 5.96 Å². The molecule has 6 heteroatoms. The summed E-state index contributed by atoms with van der Waals surface area (Å²) in [6.45, 7) is 10.7. The van der Waals surface area contributed by atoms with Crippen LogP contribution in [0.4, 0.5) is 0 Å². The van der Waals surface area contributed by atoms with Gasteiger partial charge < -0.3 is 15.6 Å². The van der Waals surface area contributed by atoms with Crippen molar-refractivity contribution in [1.82, 2.24) is 20.6 Å². The van der Waals surface area contributed by atoms with Crippen LogP contribution in [0.1, 0.15) is 33.8 Å². The minimum atomic E-state index is 0.612. The molecule has 0 atom stereocenters. The number of aromatic nitrogens is 2. The van der Waals surface area contributed by atoms with E-state index >= 15 is 0 Å². The second-order valence-corrected chi connectivity index (χ2v) is 7.68. The summed E-state index contributed by atoms with van der Waals surface area (Å²) in [5.74, 6) is 0.843. The van der Waals surface area contributed by atoms with Crippen molar-refractivity contribution in [1.29, 1.82) is 0 Å². The Morgan fingerprint density at radius 1 is 1.19 bits per heavy atom. The summed E-state index contributed by atoms with van der Waals surface area (Å²) >= 11 is 1.72. The SMILES string of the molecule is CCNC(=NCc1nc(C)c(C)s1)NCCc1c(C)[nH]c2ccccc12. The number of aliphatic imine (C=N–C) groups is 1. The molecule has 0 unspecified atom stereocenters. The van der Waals surface area contributed by atoms with Gasteiger partial charge in [-0.1, -0.05) is 18.2 Å². The van der Waals surface area contributed by atoms with Gasteiger partial charge in [0.05, 0.1) is 12.2 Å². The van der Waals surface area contributed by atoms with Crippen LogP contribution in [-0.2, 0) is 13.0 Å².